The van der Waals surface area contributed by atoms with E-state index in [1.165, 1.54) is 0 Å². The van der Waals surface area contributed by atoms with Gasteiger partial charge in [0, 0.05) is 31.8 Å². The predicted octanol–water partition coefficient (Wildman–Crippen LogP) is 2.04. The lowest BCUT2D eigenvalue weighted by Crippen LogP contribution is -2.43. The van der Waals surface area contributed by atoms with Crippen LogP contribution in [-0.2, 0) is 11.3 Å². The minimum absolute atomic E-state index is 0.201. The van der Waals surface area contributed by atoms with Crippen LogP contribution >= 0.6 is 11.6 Å². The van der Waals surface area contributed by atoms with Crippen molar-refractivity contribution in [1.29, 1.82) is 0 Å². The van der Waals surface area contributed by atoms with Crippen LogP contribution in [0.3, 0.4) is 0 Å². The Bertz CT molecular complexity index is 396. The molecule has 18 heavy (non-hydrogen) atoms. The first-order valence-electron chi connectivity index (χ1n) is 5.87. The topological polar surface area (TPSA) is 45.7 Å². The molecule has 5 heteroatoms. The molecule has 0 bridgehead atoms. The number of guanidine groups is 1. The van der Waals surface area contributed by atoms with Crippen LogP contribution in [0.1, 0.15) is 12.5 Å². The molecule has 1 atom stereocenters. The summed E-state index contributed by atoms with van der Waals surface area (Å²) in [7, 11) is 3.42. The third-order valence-corrected chi connectivity index (χ3v) is 2.80. The average Bonchev–Trinajstić information content (AvgIpc) is 2.36. The number of hydrogen-bond acceptors (Lipinski definition) is 2. The molecule has 0 heterocycles. The van der Waals surface area contributed by atoms with E-state index in [1.54, 1.807) is 14.2 Å². The molecule has 1 rings (SSSR count). The molecule has 0 radical (unpaired) electrons. The number of hydrogen-bond donors (Lipinski definition) is 2. The second-order valence-electron chi connectivity index (χ2n) is 4.02. The smallest absolute Gasteiger partial charge is 0.191 e. The number of methoxy groups -OCH3 is 1. The van der Waals surface area contributed by atoms with Gasteiger partial charge in [-0.3, -0.25) is 4.99 Å². The van der Waals surface area contributed by atoms with E-state index in [9.17, 15) is 0 Å². The fraction of sp³-hybridized carbons (Fsp3) is 0.462. The Morgan fingerprint density at radius 1 is 1.44 bits per heavy atom. The number of benzene rings is 1. The summed E-state index contributed by atoms with van der Waals surface area (Å²) in [5.74, 6) is 0.736. The van der Waals surface area contributed by atoms with Crippen LogP contribution in [0.4, 0.5) is 0 Å². The molecule has 1 aromatic rings. The van der Waals surface area contributed by atoms with Crippen LogP contribution in [0.5, 0.6) is 0 Å². The zero-order valence-corrected chi connectivity index (χ0v) is 11.8. The van der Waals surface area contributed by atoms with Crippen molar-refractivity contribution >= 4 is 17.6 Å². The molecule has 0 spiro atoms. The Kier molecular flexibility index (Phi) is 6.54. The molecule has 4 nitrogen and oxygen atoms in total. The highest BCUT2D eigenvalue weighted by atomic mass is 35.5. The van der Waals surface area contributed by atoms with Gasteiger partial charge in [0.25, 0.3) is 0 Å². The number of nitrogens with zero attached hydrogens (tertiary/aromatic N) is 1. The van der Waals surface area contributed by atoms with Crippen molar-refractivity contribution in [2.45, 2.75) is 19.5 Å². The third kappa shape index (κ3) is 4.94. The van der Waals surface area contributed by atoms with Crippen molar-refractivity contribution in [2.75, 3.05) is 20.8 Å². The molecule has 0 aromatic heterocycles. The van der Waals surface area contributed by atoms with Crippen LogP contribution in [0.2, 0.25) is 5.02 Å². The molecule has 1 unspecified atom stereocenters. The zero-order chi connectivity index (χ0) is 13.4. The summed E-state index contributed by atoms with van der Waals surface area (Å²) in [6.07, 6.45) is 0. The molecule has 1 aromatic carbocycles. The van der Waals surface area contributed by atoms with E-state index in [0.29, 0.717) is 13.2 Å². The van der Waals surface area contributed by atoms with Gasteiger partial charge in [0.2, 0.25) is 0 Å². The minimum atomic E-state index is 0.201. The zero-order valence-electron chi connectivity index (χ0n) is 11.0. The SMILES string of the molecule is CN=C(NCc1ccccc1Cl)NC(C)COC. The Morgan fingerprint density at radius 2 is 2.17 bits per heavy atom. The molecule has 0 saturated carbocycles. The van der Waals surface area contributed by atoms with Crippen molar-refractivity contribution in [3.05, 3.63) is 34.9 Å². The van der Waals surface area contributed by atoms with Gasteiger partial charge in [0.15, 0.2) is 5.96 Å². The number of nitrogens with one attached hydrogen (secondary N) is 2. The second-order valence-corrected chi connectivity index (χ2v) is 4.43. The first-order valence-corrected chi connectivity index (χ1v) is 6.24. The number of rotatable bonds is 5. The van der Waals surface area contributed by atoms with Crippen molar-refractivity contribution in [1.82, 2.24) is 10.6 Å². The van der Waals surface area contributed by atoms with E-state index in [4.69, 9.17) is 16.3 Å². The maximum atomic E-state index is 6.09. The molecular weight excluding hydrogens is 250 g/mol. The van der Waals surface area contributed by atoms with Gasteiger partial charge < -0.3 is 15.4 Å². The highest BCUT2D eigenvalue weighted by Gasteiger charge is 2.05. The number of halogens is 1. The maximum Gasteiger partial charge on any atom is 0.191 e. The summed E-state index contributed by atoms with van der Waals surface area (Å²) in [6, 6.07) is 7.95. The minimum Gasteiger partial charge on any atom is -0.383 e. The van der Waals surface area contributed by atoms with Crippen LogP contribution in [0.25, 0.3) is 0 Å². The summed E-state index contributed by atoms with van der Waals surface area (Å²) in [6.45, 7) is 3.30. The van der Waals surface area contributed by atoms with Gasteiger partial charge in [-0.15, -0.1) is 0 Å². The Labute approximate surface area is 113 Å². The maximum absolute atomic E-state index is 6.09. The quantitative estimate of drug-likeness (QED) is 0.635. The van der Waals surface area contributed by atoms with E-state index in [-0.39, 0.29) is 6.04 Å². The van der Waals surface area contributed by atoms with E-state index in [0.717, 1.165) is 16.5 Å². The van der Waals surface area contributed by atoms with E-state index >= 15 is 0 Å². The predicted molar refractivity (Wildman–Crippen MR) is 76.1 cm³/mol. The van der Waals surface area contributed by atoms with Crippen molar-refractivity contribution in [3.8, 4) is 0 Å². The fourth-order valence-electron chi connectivity index (χ4n) is 1.54. The Balaban J connectivity index is 2.48. The lowest BCUT2D eigenvalue weighted by molar-refractivity contribution is 0.179. The molecule has 0 aliphatic heterocycles. The van der Waals surface area contributed by atoms with Gasteiger partial charge in [0.05, 0.1) is 6.61 Å². The van der Waals surface area contributed by atoms with Gasteiger partial charge in [-0.05, 0) is 18.6 Å². The number of aliphatic imine (C=N–C) groups is 1. The number of ether oxygens (including phenoxy) is 1. The molecular formula is C13H20ClN3O. The van der Waals surface area contributed by atoms with Crippen molar-refractivity contribution in [3.63, 3.8) is 0 Å². The van der Waals surface area contributed by atoms with Crippen LogP contribution in [-0.4, -0.2) is 32.8 Å². The molecule has 0 amide bonds. The summed E-state index contributed by atoms with van der Waals surface area (Å²) in [4.78, 5) is 4.15. The third-order valence-electron chi connectivity index (χ3n) is 2.43. The van der Waals surface area contributed by atoms with Gasteiger partial charge in [-0.1, -0.05) is 29.8 Å². The first kappa shape index (κ1) is 14.8. The second kappa shape index (κ2) is 7.95. The summed E-state index contributed by atoms with van der Waals surface area (Å²) < 4.78 is 5.06. The highest BCUT2D eigenvalue weighted by molar-refractivity contribution is 6.31. The molecule has 100 valence electrons. The van der Waals surface area contributed by atoms with Crippen LogP contribution < -0.4 is 10.6 Å². The highest BCUT2D eigenvalue weighted by Crippen LogP contribution is 2.14. The summed E-state index contributed by atoms with van der Waals surface area (Å²) >= 11 is 6.09. The molecule has 2 N–H and O–H groups in total. The Hall–Kier alpha value is -1.26. The van der Waals surface area contributed by atoms with E-state index in [2.05, 4.69) is 15.6 Å². The molecule has 0 aliphatic rings. The molecule has 0 fully saturated rings. The average molecular weight is 270 g/mol. The monoisotopic (exact) mass is 269 g/mol. The molecule has 0 aliphatic carbocycles. The fourth-order valence-corrected chi connectivity index (χ4v) is 1.74. The normalized spacial score (nSPS) is 13.2. The summed E-state index contributed by atoms with van der Waals surface area (Å²) in [5, 5.41) is 7.20. The standard InChI is InChI=1S/C13H20ClN3O/c1-10(9-18-3)17-13(15-2)16-8-11-6-4-5-7-12(11)14/h4-7,10H,8-9H2,1-3H3,(H2,15,16,17). The van der Waals surface area contributed by atoms with Crippen LogP contribution in [0, 0.1) is 0 Å². The molecule has 0 saturated heterocycles. The lowest BCUT2D eigenvalue weighted by atomic mass is 10.2. The van der Waals surface area contributed by atoms with Crippen molar-refractivity contribution < 1.29 is 4.74 Å². The first-order chi connectivity index (χ1) is 8.67. The van der Waals surface area contributed by atoms with Crippen molar-refractivity contribution in [2.24, 2.45) is 4.99 Å². The summed E-state index contributed by atoms with van der Waals surface area (Å²) in [5.41, 5.74) is 1.04. The largest absolute Gasteiger partial charge is 0.383 e. The lowest BCUT2D eigenvalue weighted by Gasteiger charge is -2.17. The van der Waals surface area contributed by atoms with Gasteiger partial charge in [-0.25, -0.2) is 0 Å². The van der Waals surface area contributed by atoms with Gasteiger partial charge in [-0.2, -0.15) is 0 Å². The van der Waals surface area contributed by atoms with E-state index < -0.39 is 0 Å². The van der Waals surface area contributed by atoms with Gasteiger partial charge >= 0.3 is 0 Å². The Morgan fingerprint density at radius 3 is 2.78 bits per heavy atom. The van der Waals surface area contributed by atoms with E-state index in [1.807, 2.05) is 31.2 Å². The van der Waals surface area contributed by atoms with Crippen LogP contribution in [0.15, 0.2) is 29.3 Å². The van der Waals surface area contributed by atoms with Gasteiger partial charge in [0.1, 0.15) is 0 Å².